The van der Waals surface area contributed by atoms with Gasteiger partial charge in [-0.15, -0.1) is 11.8 Å². The SMILES string of the molecule is CCC1OC(n2cc(C#CCNC(=O)C(F)(F)F)c(NC(C)=O)nc2=O)CC1OCSC. The van der Waals surface area contributed by atoms with Crippen molar-refractivity contribution in [3.63, 3.8) is 0 Å². The van der Waals surface area contributed by atoms with Gasteiger partial charge in [0.2, 0.25) is 5.91 Å². The fourth-order valence-electron chi connectivity index (χ4n) is 2.96. The lowest BCUT2D eigenvalue weighted by atomic mass is 10.1. The van der Waals surface area contributed by atoms with E-state index in [2.05, 4.69) is 22.1 Å². The zero-order valence-corrected chi connectivity index (χ0v) is 18.4. The van der Waals surface area contributed by atoms with Gasteiger partial charge in [0.05, 0.1) is 30.3 Å². The Balaban J connectivity index is 2.29. The number of ether oxygens (including phenoxy) is 2. The molecular formula is C19H23F3N4O5S. The van der Waals surface area contributed by atoms with Crippen LogP contribution in [0.1, 0.15) is 38.5 Å². The second-order valence-corrected chi connectivity index (χ2v) is 7.55. The molecule has 2 amide bonds. The molecule has 1 aliphatic heterocycles. The maximum Gasteiger partial charge on any atom is 0.471 e. The van der Waals surface area contributed by atoms with Crippen LogP contribution in [0.3, 0.4) is 0 Å². The lowest BCUT2D eigenvalue weighted by Gasteiger charge is -2.16. The number of carbonyl (C=O) groups is 2. The summed E-state index contributed by atoms with van der Waals surface area (Å²) >= 11 is 1.51. The van der Waals surface area contributed by atoms with E-state index in [-0.39, 0.29) is 23.6 Å². The van der Waals surface area contributed by atoms with Crippen LogP contribution in [0.2, 0.25) is 0 Å². The van der Waals surface area contributed by atoms with E-state index in [0.717, 1.165) is 0 Å². The number of aromatic nitrogens is 2. The van der Waals surface area contributed by atoms with Crippen molar-refractivity contribution in [1.29, 1.82) is 0 Å². The molecule has 0 spiro atoms. The lowest BCUT2D eigenvalue weighted by Crippen LogP contribution is -2.36. The molecule has 0 radical (unpaired) electrons. The van der Waals surface area contributed by atoms with E-state index >= 15 is 0 Å². The monoisotopic (exact) mass is 476 g/mol. The highest BCUT2D eigenvalue weighted by Crippen LogP contribution is 2.32. The van der Waals surface area contributed by atoms with Crippen LogP contribution >= 0.6 is 11.8 Å². The Kier molecular flexibility index (Phi) is 9.11. The molecule has 1 saturated heterocycles. The number of nitrogens with one attached hydrogen (secondary N) is 2. The summed E-state index contributed by atoms with van der Waals surface area (Å²) in [4.78, 5) is 38.7. The molecule has 0 aliphatic carbocycles. The highest BCUT2D eigenvalue weighted by Gasteiger charge is 2.38. The summed E-state index contributed by atoms with van der Waals surface area (Å²) in [5.41, 5.74) is -0.624. The van der Waals surface area contributed by atoms with Crippen LogP contribution in [-0.4, -0.2) is 58.5 Å². The number of thioether (sulfide) groups is 1. The average Bonchev–Trinajstić information content (AvgIpc) is 3.12. The average molecular weight is 476 g/mol. The standard InChI is InChI=1S/C19H23F3N4O5S/c1-4-13-14(30-10-32-3)8-15(31-13)26-9-12(16(24-11(2)27)25-18(26)29)6-5-7-23-17(28)19(20,21)22/h9,13-15H,4,7-8,10H2,1-3H3,(H,23,28)(H,24,25,27,29). The molecule has 3 unspecified atom stereocenters. The van der Waals surface area contributed by atoms with Gasteiger partial charge in [-0.2, -0.15) is 18.2 Å². The van der Waals surface area contributed by atoms with E-state index in [9.17, 15) is 27.6 Å². The van der Waals surface area contributed by atoms with E-state index in [0.29, 0.717) is 18.8 Å². The highest BCUT2D eigenvalue weighted by atomic mass is 32.2. The first-order chi connectivity index (χ1) is 15.1. The highest BCUT2D eigenvalue weighted by molar-refractivity contribution is 7.98. The summed E-state index contributed by atoms with van der Waals surface area (Å²) in [7, 11) is 0. The van der Waals surface area contributed by atoms with Crippen molar-refractivity contribution in [2.75, 3.05) is 24.1 Å². The molecule has 0 bridgehead atoms. The molecule has 0 saturated carbocycles. The molecule has 1 aromatic heterocycles. The van der Waals surface area contributed by atoms with Gasteiger partial charge >= 0.3 is 17.8 Å². The predicted molar refractivity (Wildman–Crippen MR) is 111 cm³/mol. The lowest BCUT2D eigenvalue weighted by molar-refractivity contribution is -0.173. The Hall–Kier alpha value is -2.56. The maximum absolute atomic E-state index is 12.6. The first-order valence-electron chi connectivity index (χ1n) is 9.57. The van der Waals surface area contributed by atoms with Crippen molar-refractivity contribution in [1.82, 2.24) is 14.9 Å². The van der Waals surface area contributed by atoms with Gasteiger partial charge in [0.25, 0.3) is 0 Å². The summed E-state index contributed by atoms with van der Waals surface area (Å²) in [6.45, 7) is 2.53. The molecule has 0 aromatic carbocycles. The van der Waals surface area contributed by atoms with Gasteiger partial charge in [0, 0.05) is 19.5 Å². The van der Waals surface area contributed by atoms with Gasteiger partial charge in [-0.1, -0.05) is 18.8 Å². The Morgan fingerprint density at radius 1 is 1.44 bits per heavy atom. The summed E-state index contributed by atoms with van der Waals surface area (Å²) in [5, 5.41) is 3.98. The number of hydrogen-bond acceptors (Lipinski definition) is 7. The normalized spacial score (nSPS) is 20.4. The van der Waals surface area contributed by atoms with Crippen molar-refractivity contribution < 1.29 is 32.2 Å². The minimum absolute atomic E-state index is 0.0752. The molecule has 176 valence electrons. The minimum Gasteiger partial charge on any atom is -0.365 e. The fourth-order valence-corrected chi connectivity index (χ4v) is 3.27. The summed E-state index contributed by atoms with van der Waals surface area (Å²) in [5.74, 6) is 2.56. The topological polar surface area (TPSA) is 112 Å². The van der Waals surface area contributed by atoms with Crippen LogP contribution in [0.4, 0.5) is 19.0 Å². The van der Waals surface area contributed by atoms with Crippen LogP contribution in [0.25, 0.3) is 0 Å². The number of nitrogens with zero attached hydrogens (tertiary/aromatic N) is 2. The quantitative estimate of drug-likeness (QED) is 0.455. The van der Waals surface area contributed by atoms with Gasteiger partial charge in [-0.25, -0.2) is 4.79 Å². The van der Waals surface area contributed by atoms with Gasteiger partial charge < -0.3 is 20.1 Å². The minimum atomic E-state index is -5.03. The van der Waals surface area contributed by atoms with Crippen molar-refractivity contribution in [2.24, 2.45) is 0 Å². The molecule has 2 N–H and O–H groups in total. The third kappa shape index (κ3) is 6.98. The molecule has 13 heteroatoms. The van der Waals surface area contributed by atoms with E-state index in [1.165, 1.54) is 29.4 Å². The molecule has 3 atom stereocenters. The first kappa shape index (κ1) is 25.7. The Morgan fingerprint density at radius 3 is 2.75 bits per heavy atom. The number of amides is 2. The number of alkyl halides is 3. The number of carbonyl (C=O) groups excluding carboxylic acids is 2. The van der Waals surface area contributed by atoms with Gasteiger partial charge in [-0.05, 0) is 12.7 Å². The Morgan fingerprint density at radius 2 is 2.16 bits per heavy atom. The van der Waals surface area contributed by atoms with E-state index in [1.54, 1.807) is 5.32 Å². The smallest absolute Gasteiger partial charge is 0.365 e. The van der Waals surface area contributed by atoms with E-state index in [4.69, 9.17) is 9.47 Å². The molecule has 9 nitrogen and oxygen atoms in total. The van der Waals surface area contributed by atoms with Gasteiger partial charge in [0.1, 0.15) is 6.23 Å². The molecule has 1 fully saturated rings. The molecule has 2 heterocycles. The predicted octanol–water partition coefficient (Wildman–Crippen LogP) is 1.63. The van der Waals surface area contributed by atoms with Gasteiger partial charge in [-0.3, -0.25) is 14.2 Å². The van der Waals surface area contributed by atoms with Crippen molar-refractivity contribution >= 4 is 29.4 Å². The van der Waals surface area contributed by atoms with Crippen LogP contribution in [-0.2, 0) is 19.1 Å². The zero-order valence-electron chi connectivity index (χ0n) is 17.6. The van der Waals surface area contributed by atoms with E-state index in [1.807, 2.05) is 13.2 Å². The molecule has 2 rings (SSSR count). The van der Waals surface area contributed by atoms with Crippen LogP contribution in [0.15, 0.2) is 11.0 Å². The van der Waals surface area contributed by atoms with Crippen molar-refractivity contribution in [2.45, 2.75) is 51.3 Å². The van der Waals surface area contributed by atoms with Crippen LogP contribution in [0, 0.1) is 11.8 Å². The fraction of sp³-hybridized carbons (Fsp3) is 0.579. The third-order valence-corrected chi connectivity index (χ3v) is 4.73. The van der Waals surface area contributed by atoms with E-state index < -0.39 is 36.5 Å². The number of rotatable bonds is 7. The van der Waals surface area contributed by atoms with Crippen molar-refractivity contribution in [3.8, 4) is 11.8 Å². The number of halogens is 3. The molecule has 1 aliphatic rings. The number of anilines is 1. The Bertz CT molecular complexity index is 957. The zero-order chi connectivity index (χ0) is 23.9. The second-order valence-electron chi connectivity index (χ2n) is 6.74. The molecular weight excluding hydrogens is 453 g/mol. The summed E-state index contributed by atoms with van der Waals surface area (Å²) in [6.07, 6.45) is -1.93. The van der Waals surface area contributed by atoms with Crippen molar-refractivity contribution in [3.05, 3.63) is 22.2 Å². The first-order valence-corrected chi connectivity index (χ1v) is 11.0. The molecule has 32 heavy (non-hydrogen) atoms. The maximum atomic E-state index is 12.6. The summed E-state index contributed by atoms with van der Waals surface area (Å²) < 4.78 is 49.7. The van der Waals surface area contributed by atoms with Gasteiger partial charge in [0.15, 0.2) is 5.82 Å². The Labute approximate surface area is 186 Å². The third-order valence-electron chi connectivity index (χ3n) is 4.36. The van der Waals surface area contributed by atoms with Crippen LogP contribution < -0.4 is 16.3 Å². The number of hydrogen-bond donors (Lipinski definition) is 2. The second kappa shape index (κ2) is 11.3. The largest absolute Gasteiger partial charge is 0.471 e. The summed E-state index contributed by atoms with van der Waals surface area (Å²) in [6, 6.07) is 0. The molecule has 1 aromatic rings. The van der Waals surface area contributed by atoms with Crippen LogP contribution in [0.5, 0.6) is 0 Å².